The third-order valence-corrected chi connectivity index (χ3v) is 3.65. The Morgan fingerprint density at radius 2 is 2.20 bits per heavy atom. The molecule has 4 nitrogen and oxygen atoms in total. The second-order valence-corrected chi connectivity index (χ2v) is 4.85. The largest absolute Gasteiger partial charge is 0.329 e. The van der Waals surface area contributed by atoms with Crippen molar-refractivity contribution in [1.82, 2.24) is 5.06 Å². The molecule has 0 radical (unpaired) electrons. The van der Waals surface area contributed by atoms with E-state index in [2.05, 4.69) is 6.92 Å². The van der Waals surface area contributed by atoms with Crippen molar-refractivity contribution in [3.63, 3.8) is 0 Å². The summed E-state index contributed by atoms with van der Waals surface area (Å²) in [5, 5.41) is 1.46. The molecule has 2 fully saturated rings. The Morgan fingerprint density at radius 3 is 2.80 bits per heavy atom. The average molecular weight is 212 g/mol. The number of rotatable bonds is 3. The summed E-state index contributed by atoms with van der Waals surface area (Å²) in [6.45, 7) is 3.05. The maximum absolute atomic E-state index is 11.7. The zero-order chi connectivity index (χ0) is 10.9. The van der Waals surface area contributed by atoms with Crippen LogP contribution in [0.1, 0.15) is 39.0 Å². The van der Waals surface area contributed by atoms with Gasteiger partial charge in [-0.15, -0.1) is 0 Å². The SMILES string of the molecule is CC1(C2CCCC2)CC(=O)N(CCN)O1. The molecule has 4 heteroatoms. The van der Waals surface area contributed by atoms with Crippen molar-refractivity contribution in [3.8, 4) is 0 Å². The van der Waals surface area contributed by atoms with E-state index in [4.69, 9.17) is 10.6 Å². The summed E-state index contributed by atoms with van der Waals surface area (Å²) in [6.07, 6.45) is 5.46. The van der Waals surface area contributed by atoms with E-state index in [1.54, 1.807) is 0 Å². The topological polar surface area (TPSA) is 55.6 Å². The fraction of sp³-hybridized carbons (Fsp3) is 0.909. The van der Waals surface area contributed by atoms with Gasteiger partial charge < -0.3 is 5.73 Å². The van der Waals surface area contributed by atoms with E-state index in [1.165, 1.54) is 30.7 Å². The molecule has 1 saturated carbocycles. The van der Waals surface area contributed by atoms with E-state index in [-0.39, 0.29) is 11.5 Å². The minimum Gasteiger partial charge on any atom is -0.329 e. The first kappa shape index (κ1) is 10.9. The van der Waals surface area contributed by atoms with Gasteiger partial charge in [0, 0.05) is 6.54 Å². The van der Waals surface area contributed by atoms with E-state index in [0.717, 1.165) is 0 Å². The second-order valence-electron chi connectivity index (χ2n) is 4.85. The van der Waals surface area contributed by atoms with Crippen LogP contribution in [-0.2, 0) is 9.63 Å². The highest BCUT2D eigenvalue weighted by Gasteiger charge is 2.47. The Labute approximate surface area is 90.7 Å². The maximum Gasteiger partial charge on any atom is 0.249 e. The molecule has 2 aliphatic rings. The van der Waals surface area contributed by atoms with Gasteiger partial charge in [-0.25, -0.2) is 5.06 Å². The number of amides is 1. The average Bonchev–Trinajstić information content (AvgIpc) is 2.77. The number of carbonyl (C=O) groups excluding carboxylic acids is 1. The molecule has 0 bridgehead atoms. The van der Waals surface area contributed by atoms with Crippen molar-refractivity contribution in [3.05, 3.63) is 0 Å². The van der Waals surface area contributed by atoms with Crippen LogP contribution in [0.5, 0.6) is 0 Å². The van der Waals surface area contributed by atoms with E-state index < -0.39 is 0 Å². The number of nitrogens with zero attached hydrogens (tertiary/aromatic N) is 1. The zero-order valence-electron chi connectivity index (χ0n) is 9.37. The van der Waals surface area contributed by atoms with Crippen LogP contribution in [0.15, 0.2) is 0 Å². The lowest BCUT2D eigenvalue weighted by atomic mass is 9.85. The van der Waals surface area contributed by atoms with Gasteiger partial charge in [0.2, 0.25) is 5.91 Å². The molecule has 0 aromatic rings. The first-order valence-corrected chi connectivity index (χ1v) is 5.85. The number of nitrogens with two attached hydrogens (primary N) is 1. The van der Waals surface area contributed by atoms with Crippen molar-refractivity contribution in [2.24, 2.45) is 11.7 Å². The minimum absolute atomic E-state index is 0.0925. The highest BCUT2D eigenvalue weighted by Crippen LogP contribution is 2.42. The molecule has 1 aliphatic carbocycles. The molecule has 1 unspecified atom stereocenters. The summed E-state index contributed by atoms with van der Waals surface area (Å²) in [6, 6.07) is 0. The van der Waals surface area contributed by atoms with E-state index in [0.29, 0.717) is 25.4 Å². The van der Waals surface area contributed by atoms with Gasteiger partial charge in [-0.05, 0) is 25.7 Å². The quantitative estimate of drug-likeness (QED) is 0.761. The molecule has 0 spiro atoms. The number of carbonyl (C=O) groups is 1. The minimum atomic E-state index is -0.261. The Hall–Kier alpha value is -0.610. The van der Waals surface area contributed by atoms with Gasteiger partial charge in [-0.1, -0.05) is 12.8 Å². The maximum atomic E-state index is 11.7. The van der Waals surface area contributed by atoms with E-state index in [9.17, 15) is 4.79 Å². The summed E-state index contributed by atoms with van der Waals surface area (Å²) in [5.74, 6) is 0.638. The molecule has 2 N–H and O–H groups in total. The number of hydroxylamine groups is 2. The second kappa shape index (κ2) is 4.10. The van der Waals surface area contributed by atoms with Crippen LogP contribution in [0.25, 0.3) is 0 Å². The van der Waals surface area contributed by atoms with Gasteiger partial charge >= 0.3 is 0 Å². The first-order chi connectivity index (χ1) is 7.15. The Bertz CT molecular complexity index is 251. The van der Waals surface area contributed by atoms with Crippen molar-refractivity contribution in [2.45, 2.75) is 44.6 Å². The van der Waals surface area contributed by atoms with Crippen LogP contribution in [-0.4, -0.2) is 29.7 Å². The third-order valence-electron chi connectivity index (χ3n) is 3.65. The molecule has 1 aliphatic heterocycles. The fourth-order valence-electron chi connectivity index (χ4n) is 2.77. The Kier molecular flexibility index (Phi) is 2.98. The monoisotopic (exact) mass is 212 g/mol. The molecule has 86 valence electrons. The smallest absolute Gasteiger partial charge is 0.249 e. The zero-order valence-corrected chi connectivity index (χ0v) is 9.37. The van der Waals surface area contributed by atoms with Crippen LogP contribution >= 0.6 is 0 Å². The summed E-state index contributed by atoms with van der Waals surface area (Å²) in [4.78, 5) is 17.5. The standard InChI is InChI=1S/C11H20N2O2/c1-11(9-4-2-3-5-9)8-10(14)13(15-11)7-6-12/h9H,2-8,12H2,1H3. The molecule has 2 rings (SSSR count). The van der Waals surface area contributed by atoms with Gasteiger partial charge in [-0.3, -0.25) is 9.63 Å². The predicted molar refractivity (Wildman–Crippen MR) is 56.8 cm³/mol. The van der Waals surface area contributed by atoms with Gasteiger partial charge in [0.05, 0.1) is 13.0 Å². The molecular weight excluding hydrogens is 192 g/mol. The molecule has 1 amide bonds. The van der Waals surface area contributed by atoms with Crippen LogP contribution in [0.2, 0.25) is 0 Å². The number of hydrogen-bond acceptors (Lipinski definition) is 3. The number of hydrogen-bond donors (Lipinski definition) is 1. The van der Waals surface area contributed by atoms with E-state index >= 15 is 0 Å². The molecule has 0 aromatic heterocycles. The van der Waals surface area contributed by atoms with Crippen molar-refractivity contribution in [1.29, 1.82) is 0 Å². The van der Waals surface area contributed by atoms with Gasteiger partial charge in [0.1, 0.15) is 5.60 Å². The molecule has 0 aromatic carbocycles. The van der Waals surface area contributed by atoms with Crippen molar-refractivity contribution in [2.75, 3.05) is 13.1 Å². The molecular formula is C11H20N2O2. The van der Waals surface area contributed by atoms with Gasteiger partial charge in [-0.2, -0.15) is 0 Å². The summed E-state index contributed by atoms with van der Waals surface area (Å²) >= 11 is 0. The van der Waals surface area contributed by atoms with Crippen molar-refractivity contribution < 1.29 is 9.63 Å². The summed E-state index contributed by atoms with van der Waals surface area (Å²) < 4.78 is 0. The Morgan fingerprint density at radius 1 is 1.53 bits per heavy atom. The highest BCUT2D eigenvalue weighted by atomic mass is 16.7. The molecule has 15 heavy (non-hydrogen) atoms. The van der Waals surface area contributed by atoms with Gasteiger partial charge in [0.15, 0.2) is 0 Å². The summed E-state index contributed by atoms with van der Waals surface area (Å²) in [5.41, 5.74) is 5.18. The van der Waals surface area contributed by atoms with Crippen LogP contribution in [0.3, 0.4) is 0 Å². The predicted octanol–water partition coefficient (Wildman–Crippen LogP) is 1.06. The normalized spacial score (nSPS) is 32.9. The highest BCUT2D eigenvalue weighted by molar-refractivity contribution is 5.78. The molecule has 1 atom stereocenters. The van der Waals surface area contributed by atoms with E-state index in [1.807, 2.05) is 0 Å². The lowest BCUT2D eigenvalue weighted by Gasteiger charge is -2.29. The Balaban J connectivity index is 2.01. The van der Waals surface area contributed by atoms with Crippen molar-refractivity contribution >= 4 is 5.91 Å². The molecule has 1 heterocycles. The fourth-order valence-corrected chi connectivity index (χ4v) is 2.77. The van der Waals surface area contributed by atoms with Crippen LogP contribution < -0.4 is 5.73 Å². The van der Waals surface area contributed by atoms with Gasteiger partial charge in [0.25, 0.3) is 0 Å². The third kappa shape index (κ3) is 2.01. The first-order valence-electron chi connectivity index (χ1n) is 5.85. The summed E-state index contributed by atoms with van der Waals surface area (Å²) in [7, 11) is 0. The lowest BCUT2D eigenvalue weighted by Crippen LogP contribution is -2.36. The van der Waals surface area contributed by atoms with Crippen LogP contribution in [0, 0.1) is 5.92 Å². The van der Waals surface area contributed by atoms with Crippen LogP contribution in [0.4, 0.5) is 0 Å². The molecule has 1 saturated heterocycles. The lowest BCUT2D eigenvalue weighted by molar-refractivity contribution is -0.206.